The van der Waals surface area contributed by atoms with Gasteiger partial charge in [-0.1, -0.05) is 24.3 Å². The van der Waals surface area contributed by atoms with Crippen LogP contribution in [0.1, 0.15) is 24.8 Å². The third-order valence-corrected chi connectivity index (χ3v) is 4.58. The molecule has 3 rings (SSSR count). The van der Waals surface area contributed by atoms with Crippen LogP contribution in [0.2, 0.25) is 0 Å². The van der Waals surface area contributed by atoms with Crippen molar-refractivity contribution >= 4 is 6.08 Å². The minimum Gasteiger partial charge on any atom is -0.300 e. The maximum absolute atomic E-state index is 12.9. The lowest BCUT2D eigenvalue weighted by atomic mass is 9.93. The molecule has 1 aliphatic heterocycles. The van der Waals surface area contributed by atoms with Crippen LogP contribution in [0.3, 0.4) is 0 Å². The molecule has 1 saturated heterocycles. The number of aromatic nitrogens is 2. The van der Waals surface area contributed by atoms with Gasteiger partial charge in [0.15, 0.2) is 0 Å². The van der Waals surface area contributed by atoms with Gasteiger partial charge in [-0.15, -0.1) is 0 Å². The summed E-state index contributed by atoms with van der Waals surface area (Å²) in [6.45, 7) is 4.33. The molecule has 1 fully saturated rings. The van der Waals surface area contributed by atoms with Gasteiger partial charge in [-0.3, -0.25) is 9.58 Å². The van der Waals surface area contributed by atoms with Crippen LogP contribution in [0.5, 0.6) is 0 Å². The van der Waals surface area contributed by atoms with E-state index >= 15 is 0 Å². The molecular formula is C19H24FN3. The van der Waals surface area contributed by atoms with Crippen molar-refractivity contribution in [3.63, 3.8) is 0 Å². The smallest absolute Gasteiger partial charge is 0.123 e. The van der Waals surface area contributed by atoms with E-state index in [1.165, 1.54) is 31.4 Å². The fourth-order valence-electron chi connectivity index (χ4n) is 3.12. The standard InChI is InChI=1S/C19H24FN3/c20-19-6-4-17(5-7-19)3-1-12-22-14-8-18(9-15-22)10-16-23-13-2-11-21-23/h1-7,11,13,18H,8-10,12,14-16H2/b3-1+. The van der Waals surface area contributed by atoms with E-state index in [0.717, 1.165) is 37.7 Å². The van der Waals surface area contributed by atoms with Crippen LogP contribution >= 0.6 is 0 Å². The molecule has 122 valence electrons. The first-order valence-electron chi connectivity index (χ1n) is 8.41. The molecule has 0 spiro atoms. The summed E-state index contributed by atoms with van der Waals surface area (Å²) in [7, 11) is 0. The Hall–Kier alpha value is -1.94. The SMILES string of the molecule is Fc1ccc(/C=C/CN2CCC(CCn3cccn3)CC2)cc1. The normalized spacial score (nSPS) is 17.1. The predicted molar refractivity (Wildman–Crippen MR) is 91.4 cm³/mol. The number of nitrogens with zero attached hydrogens (tertiary/aromatic N) is 3. The summed E-state index contributed by atoms with van der Waals surface area (Å²) >= 11 is 0. The monoisotopic (exact) mass is 313 g/mol. The Balaban J connectivity index is 1.36. The molecule has 23 heavy (non-hydrogen) atoms. The summed E-state index contributed by atoms with van der Waals surface area (Å²) < 4.78 is 14.9. The summed E-state index contributed by atoms with van der Waals surface area (Å²) in [6, 6.07) is 8.62. The average molecular weight is 313 g/mol. The second-order valence-corrected chi connectivity index (χ2v) is 6.26. The molecule has 2 aromatic rings. The molecule has 0 aliphatic carbocycles. The third kappa shape index (κ3) is 5.03. The van der Waals surface area contributed by atoms with Crippen LogP contribution in [0, 0.1) is 11.7 Å². The Bertz CT molecular complexity index is 596. The lowest BCUT2D eigenvalue weighted by molar-refractivity contribution is 0.190. The van der Waals surface area contributed by atoms with Crippen LogP contribution < -0.4 is 0 Å². The zero-order valence-corrected chi connectivity index (χ0v) is 13.4. The van der Waals surface area contributed by atoms with E-state index in [-0.39, 0.29) is 5.82 Å². The van der Waals surface area contributed by atoms with Gasteiger partial charge in [0.05, 0.1) is 0 Å². The fraction of sp³-hybridized carbons (Fsp3) is 0.421. The van der Waals surface area contributed by atoms with E-state index in [4.69, 9.17) is 0 Å². The number of likely N-dealkylation sites (tertiary alicyclic amines) is 1. The molecule has 0 radical (unpaired) electrons. The van der Waals surface area contributed by atoms with Gasteiger partial charge in [0.25, 0.3) is 0 Å². The van der Waals surface area contributed by atoms with Crippen molar-refractivity contribution in [1.29, 1.82) is 0 Å². The second kappa shape index (κ2) is 8.06. The molecule has 0 bridgehead atoms. The quantitative estimate of drug-likeness (QED) is 0.808. The minimum absolute atomic E-state index is 0.181. The van der Waals surface area contributed by atoms with E-state index in [0.29, 0.717) is 0 Å². The molecule has 1 aromatic carbocycles. The zero-order valence-electron chi connectivity index (χ0n) is 13.4. The van der Waals surface area contributed by atoms with Crippen LogP contribution in [0.4, 0.5) is 4.39 Å². The van der Waals surface area contributed by atoms with Crippen molar-refractivity contribution in [2.45, 2.75) is 25.8 Å². The van der Waals surface area contributed by atoms with E-state index in [9.17, 15) is 4.39 Å². The van der Waals surface area contributed by atoms with Gasteiger partial charge in [0, 0.05) is 25.5 Å². The Morgan fingerprint density at radius 1 is 1.17 bits per heavy atom. The molecule has 0 unspecified atom stereocenters. The number of piperidine rings is 1. The Kier molecular flexibility index (Phi) is 5.59. The van der Waals surface area contributed by atoms with Gasteiger partial charge < -0.3 is 0 Å². The summed E-state index contributed by atoms with van der Waals surface area (Å²) in [6.07, 6.45) is 11.9. The predicted octanol–water partition coefficient (Wildman–Crippen LogP) is 3.84. The lowest BCUT2D eigenvalue weighted by Crippen LogP contribution is -2.34. The molecular weight excluding hydrogens is 289 g/mol. The molecule has 0 amide bonds. The summed E-state index contributed by atoms with van der Waals surface area (Å²) in [4.78, 5) is 2.49. The highest BCUT2D eigenvalue weighted by molar-refractivity contribution is 5.48. The Morgan fingerprint density at radius 3 is 2.65 bits per heavy atom. The summed E-state index contributed by atoms with van der Waals surface area (Å²) in [5.41, 5.74) is 1.06. The van der Waals surface area contributed by atoms with Gasteiger partial charge in [-0.2, -0.15) is 5.10 Å². The van der Waals surface area contributed by atoms with E-state index in [1.807, 2.05) is 35.3 Å². The fourth-order valence-corrected chi connectivity index (χ4v) is 3.12. The molecule has 4 heteroatoms. The van der Waals surface area contributed by atoms with Crippen molar-refractivity contribution in [2.75, 3.05) is 19.6 Å². The largest absolute Gasteiger partial charge is 0.300 e. The van der Waals surface area contributed by atoms with Crippen molar-refractivity contribution in [3.8, 4) is 0 Å². The third-order valence-electron chi connectivity index (χ3n) is 4.58. The number of hydrogen-bond acceptors (Lipinski definition) is 2. The van der Waals surface area contributed by atoms with Crippen LogP contribution in [-0.4, -0.2) is 34.3 Å². The molecule has 0 atom stereocenters. The molecule has 3 nitrogen and oxygen atoms in total. The second-order valence-electron chi connectivity index (χ2n) is 6.26. The van der Waals surface area contributed by atoms with Gasteiger partial charge in [-0.05, 0) is 62.0 Å². The van der Waals surface area contributed by atoms with Crippen molar-refractivity contribution in [1.82, 2.24) is 14.7 Å². The summed E-state index contributed by atoms with van der Waals surface area (Å²) in [5.74, 6) is 0.635. The highest BCUT2D eigenvalue weighted by atomic mass is 19.1. The van der Waals surface area contributed by atoms with Gasteiger partial charge in [-0.25, -0.2) is 4.39 Å². The Labute approximate surface area is 137 Å². The lowest BCUT2D eigenvalue weighted by Gasteiger charge is -2.31. The van der Waals surface area contributed by atoms with Crippen LogP contribution in [0.25, 0.3) is 6.08 Å². The zero-order chi connectivity index (χ0) is 15.9. The maximum Gasteiger partial charge on any atom is 0.123 e. The molecule has 1 aromatic heterocycles. The van der Waals surface area contributed by atoms with Crippen molar-refractivity contribution < 1.29 is 4.39 Å². The first-order chi connectivity index (χ1) is 11.3. The van der Waals surface area contributed by atoms with Gasteiger partial charge in [0.1, 0.15) is 5.82 Å². The number of hydrogen-bond donors (Lipinski definition) is 0. The number of aryl methyl sites for hydroxylation is 1. The Morgan fingerprint density at radius 2 is 1.96 bits per heavy atom. The minimum atomic E-state index is -0.181. The maximum atomic E-state index is 12.9. The summed E-state index contributed by atoms with van der Waals surface area (Å²) in [5, 5.41) is 4.26. The highest BCUT2D eigenvalue weighted by Gasteiger charge is 2.18. The average Bonchev–Trinajstić information content (AvgIpc) is 3.09. The topological polar surface area (TPSA) is 21.1 Å². The van der Waals surface area contributed by atoms with Crippen LogP contribution in [0.15, 0.2) is 48.8 Å². The molecule has 2 heterocycles. The number of benzene rings is 1. The molecule has 1 aliphatic rings. The first kappa shape index (κ1) is 15.9. The number of halogens is 1. The molecule has 0 N–H and O–H groups in total. The van der Waals surface area contributed by atoms with Crippen molar-refractivity contribution in [2.24, 2.45) is 5.92 Å². The number of rotatable bonds is 6. The van der Waals surface area contributed by atoms with Gasteiger partial charge >= 0.3 is 0 Å². The van der Waals surface area contributed by atoms with E-state index in [1.54, 1.807) is 0 Å². The molecule has 0 saturated carbocycles. The highest BCUT2D eigenvalue weighted by Crippen LogP contribution is 2.21. The van der Waals surface area contributed by atoms with Gasteiger partial charge in [0.2, 0.25) is 0 Å². The van der Waals surface area contributed by atoms with Crippen molar-refractivity contribution in [3.05, 3.63) is 60.2 Å². The van der Waals surface area contributed by atoms with E-state index < -0.39 is 0 Å². The first-order valence-corrected chi connectivity index (χ1v) is 8.41. The van der Waals surface area contributed by atoms with E-state index in [2.05, 4.69) is 22.2 Å². The van der Waals surface area contributed by atoms with Crippen LogP contribution in [-0.2, 0) is 6.54 Å².